The van der Waals surface area contributed by atoms with Crippen LogP contribution in [0, 0.1) is 0 Å². The molecule has 1 aliphatic rings. The van der Waals surface area contributed by atoms with Crippen molar-refractivity contribution in [3.63, 3.8) is 0 Å². The van der Waals surface area contributed by atoms with Crippen LogP contribution in [0.4, 0.5) is 5.82 Å². The molecule has 1 saturated heterocycles. The Labute approximate surface area is 151 Å². The van der Waals surface area contributed by atoms with E-state index in [4.69, 9.17) is 0 Å². The highest BCUT2D eigenvalue weighted by Crippen LogP contribution is 2.21. The molecule has 0 unspecified atom stereocenters. The lowest BCUT2D eigenvalue weighted by Crippen LogP contribution is -2.49. The van der Waals surface area contributed by atoms with Gasteiger partial charge in [-0.1, -0.05) is 6.92 Å². The second kappa shape index (κ2) is 7.11. The zero-order valence-corrected chi connectivity index (χ0v) is 14.8. The van der Waals surface area contributed by atoms with Gasteiger partial charge >= 0.3 is 0 Å². The van der Waals surface area contributed by atoms with Crippen molar-refractivity contribution in [2.45, 2.75) is 26.3 Å². The Kier molecular flexibility index (Phi) is 4.51. The topological polar surface area (TPSA) is 95.8 Å². The molecule has 1 aliphatic heterocycles. The van der Waals surface area contributed by atoms with Gasteiger partial charge in [-0.05, 0) is 0 Å². The molecule has 4 heterocycles. The summed E-state index contributed by atoms with van der Waals surface area (Å²) in [6, 6.07) is 0. The lowest BCUT2D eigenvalue weighted by Gasteiger charge is -2.35. The predicted molar refractivity (Wildman–Crippen MR) is 96.7 cm³/mol. The summed E-state index contributed by atoms with van der Waals surface area (Å²) in [5.74, 6) is 2.07. The van der Waals surface area contributed by atoms with Crippen LogP contribution in [0.2, 0.25) is 0 Å². The van der Waals surface area contributed by atoms with Crippen LogP contribution >= 0.6 is 0 Å². The van der Waals surface area contributed by atoms with Crippen LogP contribution < -0.4 is 4.90 Å². The van der Waals surface area contributed by atoms with E-state index in [1.165, 1.54) is 6.33 Å². The van der Waals surface area contributed by atoms with Crippen molar-refractivity contribution >= 4 is 22.9 Å². The third-order valence-corrected chi connectivity index (χ3v) is 4.82. The highest BCUT2D eigenvalue weighted by Gasteiger charge is 2.23. The lowest BCUT2D eigenvalue weighted by atomic mass is 10.2. The molecule has 4 rings (SSSR count). The summed E-state index contributed by atoms with van der Waals surface area (Å²) in [6.45, 7) is 5.66. The number of piperazine rings is 1. The van der Waals surface area contributed by atoms with Crippen LogP contribution in [0.3, 0.4) is 0 Å². The molecule has 0 saturated carbocycles. The van der Waals surface area contributed by atoms with Crippen molar-refractivity contribution in [1.82, 2.24) is 34.4 Å². The van der Waals surface area contributed by atoms with E-state index >= 15 is 0 Å². The van der Waals surface area contributed by atoms with Gasteiger partial charge in [0.05, 0.1) is 6.33 Å². The van der Waals surface area contributed by atoms with E-state index < -0.39 is 0 Å². The zero-order valence-electron chi connectivity index (χ0n) is 14.8. The Morgan fingerprint density at radius 3 is 2.81 bits per heavy atom. The van der Waals surface area contributed by atoms with Crippen molar-refractivity contribution in [2.75, 3.05) is 31.1 Å². The number of rotatable bonds is 5. The molecule has 0 aromatic carbocycles. The number of nitrogens with zero attached hydrogens (tertiary/aromatic N) is 7. The fourth-order valence-electron chi connectivity index (χ4n) is 3.39. The van der Waals surface area contributed by atoms with Gasteiger partial charge in [0, 0.05) is 58.0 Å². The highest BCUT2D eigenvalue weighted by atomic mass is 16.2. The van der Waals surface area contributed by atoms with Gasteiger partial charge in [0.1, 0.15) is 17.7 Å². The van der Waals surface area contributed by atoms with Gasteiger partial charge in [0.2, 0.25) is 5.91 Å². The number of H-pyrrole nitrogens is 1. The van der Waals surface area contributed by atoms with Crippen molar-refractivity contribution in [1.29, 1.82) is 0 Å². The molecule has 3 aromatic heterocycles. The highest BCUT2D eigenvalue weighted by molar-refractivity contribution is 5.83. The number of hydrogen-bond acceptors (Lipinski definition) is 6. The number of aromatic nitrogens is 6. The van der Waals surface area contributed by atoms with E-state index in [0.29, 0.717) is 31.7 Å². The Balaban J connectivity index is 1.34. The summed E-state index contributed by atoms with van der Waals surface area (Å²) in [7, 11) is 0. The Morgan fingerprint density at radius 2 is 2.00 bits per heavy atom. The zero-order chi connectivity index (χ0) is 17.9. The lowest BCUT2D eigenvalue weighted by molar-refractivity contribution is -0.131. The third kappa shape index (κ3) is 3.12. The van der Waals surface area contributed by atoms with E-state index in [0.717, 1.165) is 36.7 Å². The summed E-state index contributed by atoms with van der Waals surface area (Å²) >= 11 is 0. The van der Waals surface area contributed by atoms with Crippen LogP contribution in [0.5, 0.6) is 0 Å². The van der Waals surface area contributed by atoms with E-state index in [2.05, 4.69) is 41.3 Å². The van der Waals surface area contributed by atoms with Crippen molar-refractivity contribution in [2.24, 2.45) is 0 Å². The molecular formula is C17H22N8O. The summed E-state index contributed by atoms with van der Waals surface area (Å²) in [5.41, 5.74) is 1.51. The van der Waals surface area contributed by atoms with Gasteiger partial charge in [-0.3, -0.25) is 4.79 Å². The summed E-state index contributed by atoms with van der Waals surface area (Å²) in [5, 5.41) is 0. The molecule has 0 atom stereocenters. The van der Waals surface area contributed by atoms with Crippen molar-refractivity contribution < 1.29 is 4.79 Å². The van der Waals surface area contributed by atoms with Crippen LogP contribution in [0.15, 0.2) is 25.0 Å². The van der Waals surface area contributed by atoms with Gasteiger partial charge in [0.25, 0.3) is 0 Å². The number of imidazole rings is 2. The average molecular weight is 354 g/mol. The number of fused-ring (bicyclic) bond motifs is 1. The van der Waals surface area contributed by atoms with Crippen LogP contribution in [-0.4, -0.2) is 66.5 Å². The second-order valence-corrected chi connectivity index (χ2v) is 6.31. The Bertz CT molecular complexity index is 893. The smallest absolute Gasteiger partial charge is 0.224 e. The van der Waals surface area contributed by atoms with Gasteiger partial charge in [-0.15, -0.1) is 0 Å². The minimum Gasteiger partial charge on any atom is -0.351 e. The first-order chi connectivity index (χ1) is 12.8. The second-order valence-electron chi connectivity index (χ2n) is 6.31. The molecule has 26 heavy (non-hydrogen) atoms. The molecule has 0 bridgehead atoms. The van der Waals surface area contributed by atoms with Crippen LogP contribution in [0.1, 0.15) is 19.2 Å². The fraction of sp³-hybridized carbons (Fsp3) is 0.471. The molecule has 1 amide bonds. The molecule has 1 fully saturated rings. The van der Waals surface area contributed by atoms with E-state index in [9.17, 15) is 4.79 Å². The SMILES string of the molecule is CCc1nccn1CCC(=O)N1CCN(c2ncnc3nc[nH]c23)CC1. The number of hydrogen-bond donors (Lipinski definition) is 1. The standard InChI is InChI=1S/C17H22N8O/c1-2-13-18-4-6-23(13)5-3-14(26)24-7-9-25(10-8-24)17-15-16(20-11-19-15)21-12-22-17/h4,6,11-12H,2-3,5,7-10H2,1H3,(H,19,20,21,22). The minimum atomic E-state index is 0.190. The molecule has 0 spiro atoms. The first kappa shape index (κ1) is 16.5. The van der Waals surface area contributed by atoms with E-state index in [1.54, 1.807) is 12.5 Å². The number of carbonyl (C=O) groups excluding carboxylic acids is 1. The number of amides is 1. The quantitative estimate of drug-likeness (QED) is 0.730. The fourth-order valence-corrected chi connectivity index (χ4v) is 3.39. The molecule has 136 valence electrons. The summed E-state index contributed by atoms with van der Waals surface area (Å²) in [4.78, 5) is 36.8. The summed E-state index contributed by atoms with van der Waals surface area (Å²) < 4.78 is 2.06. The normalized spacial score (nSPS) is 15.0. The first-order valence-electron chi connectivity index (χ1n) is 8.93. The van der Waals surface area contributed by atoms with E-state index in [1.807, 2.05) is 11.1 Å². The Morgan fingerprint density at radius 1 is 1.15 bits per heavy atom. The van der Waals surface area contributed by atoms with Gasteiger partial charge in [-0.25, -0.2) is 19.9 Å². The number of nitrogens with one attached hydrogen (secondary N) is 1. The number of anilines is 1. The van der Waals surface area contributed by atoms with Crippen LogP contribution in [0.25, 0.3) is 11.2 Å². The molecule has 9 heteroatoms. The molecular weight excluding hydrogens is 332 g/mol. The maximum absolute atomic E-state index is 12.5. The van der Waals surface area contributed by atoms with Gasteiger partial charge in [0.15, 0.2) is 11.5 Å². The first-order valence-corrected chi connectivity index (χ1v) is 8.93. The average Bonchev–Trinajstić information content (AvgIpc) is 3.34. The minimum absolute atomic E-state index is 0.190. The number of carbonyl (C=O) groups is 1. The third-order valence-electron chi connectivity index (χ3n) is 4.82. The largest absolute Gasteiger partial charge is 0.351 e. The molecule has 3 aromatic rings. The van der Waals surface area contributed by atoms with Crippen molar-refractivity contribution in [3.8, 4) is 0 Å². The van der Waals surface area contributed by atoms with Gasteiger partial charge in [-0.2, -0.15) is 0 Å². The predicted octanol–water partition coefficient (Wildman–Crippen LogP) is 0.851. The maximum Gasteiger partial charge on any atom is 0.224 e. The van der Waals surface area contributed by atoms with Crippen molar-refractivity contribution in [3.05, 3.63) is 30.9 Å². The van der Waals surface area contributed by atoms with E-state index in [-0.39, 0.29) is 5.91 Å². The molecule has 1 N–H and O–H groups in total. The Hall–Kier alpha value is -2.97. The number of aromatic amines is 1. The van der Waals surface area contributed by atoms with Crippen LogP contribution in [-0.2, 0) is 17.8 Å². The van der Waals surface area contributed by atoms with Gasteiger partial charge < -0.3 is 19.4 Å². The summed E-state index contributed by atoms with van der Waals surface area (Å²) in [6.07, 6.45) is 8.27. The molecule has 0 aliphatic carbocycles. The molecule has 0 radical (unpaired) electrons. The monoisotopic (exact) mass is 354 g/mol. The maximum atomic E-state index is 12.5. The molecule has 9 nitrogen and oxygen atoms in total. The number of aryl methyl sites for hydroxylation is 2.